The summed E-state index contributed by atoms with van der Waals surface area (Å²) in [6.07, 6.45) is 3.24. The molecular formula is C22H27ClN4O3. The van der Waals surface area contributed by atoms with E-state index in [0.717, 1.165) is 55.5 Å². The molecule has 1 saturated carbocycles. The standard InChI is InChI=1S/C22H27ClN4O3/c1-22(13-30-12-19(22)28)27-6-4-26(5-7-27)18-9-15-10-20(25-21(29)14-2-3-14)24-11-16(15)8-17(18)23/h8-11,14,19,28H,2-7,12-13H2,1H3,(H,24,25,29). The van der Waals surface area contributed by atoms with E-state index in [0.29, 0.717) is 24.1 Å². The van der Waals surface area contributed by atoms with Crippen molar-refractivity contribution >= 4 is 39.8 Å². The van der Waals surface area contributed by atoms with Crippen LogP contribution in [0.25, 0.3) is 10.8 Å². The number of aromatic nitrogens is 1. The Morgan fingerprint density at radius 2 is 2.00 bits per heavy atom. The summed E-state index contributed by atoms with van der Waals surface area (Å²) in [6.45, 7) is 6.37. The summed E-state index contributed by atoms with van der Waals surface area (Å²) in [7, 11) is 0. The topological polar surface area (TPSA) is 77.9 Å². The van der Waals surface area contributed by atoms with Gasteiger partial charge in [0.2, 0.25) is 5.91 Å². The number of aliphatic hydroxyl groups is 1. The smallest absolute Gasteiger partial charge is 0.228 e. The van der Waals surface area contributed by atoms with Gasteiger partial charge in [-0.2, -0.15) is 0 Å². The summed E-state index contributed by atoms with van der Waals surface area (Å²) in [5.41, 5.74) is 0.669. The molecule has 1 aromatic heterocycles. The molecule has 2 saturated heterocycles. The molecule has 3 aliphatic rings. The lowest BCUT2D eigenvalue weighted by Gasteiger charge is -2.45. The number of halogens is 1. The van der Waals surface area contributed by atoms with Gasteiger partial charge in [0.25, 0.3) is 0 Å². The maximum Gasteiger partial charge on any atom is 0.228 e. The molecule has 2 aliphatic heterocycles. The second kappa shape index (κ2) is 7.64. The lowest BCUT2D eigenvalue weighted by atomic mass is 9.95. The Kier molecular flexibility index (Phi) is 5.09. The van der Waals surface area contributed by atoms with Gasteiger partial charge in [0, 0.05) is 43.7 Å². The zero-order valence-electron chi connectivity index (χ0n) is 17.1. The third-order valence-electron chi connectivity index (χ3n) is 6.72. The summed E-state index contributed by atoms with van der Waals surface area (Å²) in [4.78, 5) is 21.0. The number of aliphatic hydroxyl groups excluding tert-OH is 1. The molecule has 8 heteroatoms. The molecule has 3 fully saturated rings. The number of hydrogen-bond donors (Lipinski definition) is 2. The molecule has 2 aromatic rings. The summed E-state index contributed by atoms with van der Waals surface area (Å²) in [5, 5.41) is 15.9. The highest BCUT2D eigenvalue weighted by Crippen LogP contribution is 2.35. The van der Waals surface area contributed by atoms with Crippen LogP contribution in [0.15, 0.2) is 24.4 Å². The Bertz CT molecular complexity index is 974. The highest BCUT2D eigenvalue weighted by molar-refractivity contribution is 6.34. The van der Waals surface area contributed by atoms with E-state index in [2.05, 4.69) is 33.1 Å². The Balaban J connectivity index is 1.33. The summed E-state index contributed by atoms with van der Waals surface area (Å²) in [5.74, 6) is 0.782. The molecule has 0 bridgehead atoms. The lowest BCUT2D eigenvalue weighted by molar-refractivity contribution is -0.117. The van der Waals surface area contributed by atoms with Crippen LogP contribution in [-0.4, -0.2) is 71.9 Å². The van der Waals surface area contributed by atoms with E-state index in [-0.39, 0.29) is 17.4 Å². The first kappa shape index (κ1) is 20.0. The van der Waals surface area contributed by atoms with Gasteiger partial charge < -0.3 is 20.1 Å². The van der Waals surface area contributed by atoms with Crippen molar-refractivity contribution in [2.45, 2.75) is 31.4 Å². The van der Waals surface area contributed by atoms with Crippen molar-refractivity contribution in [3.05, 3.63) is 29.4 Å². The van der Waals surface area contributed by atoms with Gasteiger partial charge in [-0.25, -0.2) is 4.98 Å². The molecule has 1 amide bonds. The van der Waals surface area contributed by atoms with Crippen LogP contribution in [0.5, 0.6) is 0 Å². The molecule has 160 valence electrons. The maximum atomic E-state index is 12.1. The van der Waals surface area contributed by atoms with Gasteiger partial charge in [-0.15, -0.1) is 0 Å². The number of carbonyl (C=O) groups is 1. The number of carbonyl (C=O) groups excluding carboxylic acids is 1. The predicted octanol–water partition coefficient (Wildman–Crippen LogP) is 2.51. The number of amides is 1. The molecule has 30 heavy (non-hydrogen) atoms. The number of nitrogens with zero attached hydrogens (tertiary/aromatic N) is 3. The van der Waals surface area contributed by atoms with E-state index in [1.807, 2.05) is 12.1 Å². The number of piperazine rings is 1. The van der Waals surface area contributed by atoms with Crippen LogP contribution in [0.2, 0.25) is 5.02 Å². The highest BCUT2D eigenvalue weighted by atomic mass is 35.5. The van der Waals surface area contributed by atoms with Crippen molar-refractivity contribution < 1.29 is 14.6 Å². The van der Waals surface area contributed by atoms with Gasteiger partial charge in [-0.05, 0) is 43.4 Å². The molecule has 7 nitrogen and oxygen atoms in total. The number of benzene rings is 1. The van der Waals surface area contributed by atoms with Crippen LogP contribution in [0.3, 0.4) is 0 Å². The van der Waals surface area contributed by atoms with Crippen molar-refractivity contribution in [3.8, 4) is 0 Å². The maximum absolute atomic E-state index is 12.1. The van der Waals surface area contributed by atoms with Gasteiger partial charge in [-0.1, -0.05) is 11.6 Å². The average Bonchev–Trinajstić information content (AvgIpc) is 3.54. The summed E-state index contributed by atoms with van der Waals surface area (Å²) in [6, 6.07) is 5.93. The van der Waals surface area contributed by atoms with Gasteiger partial charge in [0.15, 0.2) is 0 Å². The Hall–Kier alpha value is -1.93. The van der Waals surface area contributed by atoms with Crippen LogP contribution in [0.4, 0.5) is 11.5 Å². The van der Waals surface area contributed by atoms with Crippen LogP contribution in [-0.2, 0) is 9.53 Å². The van der Waals surface area contributed by atoms with Crippen LogP contribution in [0, 0.1) is 5.92 Å². The van der Waals surface area contributed by atoms with Crippen LogP contribution >= 0.6 is 11.6 Å². The van der Waals surface area contributed by atoms with Gasteiger partial charge in [0.1, 0.15) is 5.82 Å². The van der Waals surface area contributed by atoms with E-state index >= 15 is 0 Å². The molecule has 1 aliphatic carbocycles. The Labute approximate surface area is 181 Å². The number of rotatable bonds is 4. The SMILES string of the molecule is CC1(N2CCN(c3cc4cc(NC(=O)C5CC5)ncc4cc3Cl)CC2)COCC1O. The molecular weight excluding hydrogens is 404 g/mol. The van der Waals surface area contributed by atoms with Crippen molar-refractivity contribution in [2.75, 3.05) is 49.6 Å². The van der Waals surface area contributed by atoms with Crippen molar-refractivity contribution in [1.82, 2.24) is 9.88 Å². The molecule has 0 spiro atoms. The number of pyridine rings is 1. The van der Waals surface area contributed by atoms with Crippen molar-refractivity contribution in [1.29, 1.82) is 0 Å². The molecule has 3 heterocycles. The summed E-state index contributed by atoms with van der Waals surface area (Å²) >= 11 is 6.61. The van der Waals surface area contributed by atoms with E-state index in [9.17, 15) is 9.90 Å². The van der Waals surface area contributed by atoms with Crippen molar-refractivity contribution in [2.24, 2.45) is 5.92 Å². The minimum absolute atomic E-state index is 0.0544. The predicted molar refractivity (Wildman–Crippen MR) is 117 cm³/mol. The molecule has 2 atom stereocenters. The molecule has 2 unspecified atom stereocenters. The van der Waals surface area contributed by atoms with Gasteiger partial charge >= 0.3 is 0 Å². The fourth-order valence-electron chi connectivity index (χ4n) is 4.45. The number of hydrogen-bond acceptors (Lipinski definition) is 6. The molecule has 1 aromatic carbocycles. The Morgan fingerprint density at radius 1 is 1.23 bits per heavy atom. The molecule has 5 rings (SSSR count). The monoisotopic (exact) mass is 430 g/mol. The molecule has 2 N–H and O–H groups in total. The lowest BCUT2D eigenvalue weighted by Crippen LogP contribution is -2.60. The quantitative estimate of drug-likeness (QED) is 0.776. The number of anilines is 2. The second-order valence-corrected chi connectivity index (χ2v) is 9.25. The minimum atomic E-state index is -0.454. The van der Waals surface area contributed by atoms with Crippen molar-refractivity contribution in [3.63, 3.8) is 0 Å². The third kappa shape index (κ3) is 3.64. The normalized spacial score (nSPS) is 27.6. The number of fused-ring (bicyclic) bond motifs is 1. The summed E-state index contributed by atoms with van der Waals surface area (Å²) < 4.78 is 5.50. The first-order chi connectivity index (χ1) is 14.4. The third-order valence-corrected chi connectivity index (χ3v) is 7.02. The second-order valence-electron chi connectivity index (χ2n) is 8.85. The fourth-order valence-corrected chi connectivity index (χ4v) is 4.74. The van der Waals surface area contributed by atoms with E-state index in [1.54, 1.807) is 6.20 Å². The zero-order chi connectivity index (χ0) is 20.9. The van der Waals surface area contributed by atoms with Gasteiger partial charge in [-0.3, -0.25) is 9.69 Å². The van der Waals surface area contributed by atoms with Crippen LogP contribution in [0.1, 0.15) is 19.8 Å². The zero-order valence-corrected chi connectivity index (χ0v) is 17.9. The minimum Gasteiger partial charge on any atom is -0.389 e. The van der Waals surface area contributed by atoms with E-state index < -0.39 is 6.10 Å². The first-order valence-electron chi connectivity index (χ1n) is 10.6. The van der Waals surface area contributed by atoms with Gasteiger partial charge in [0.05, 0.1) is 35.6 Å². The van der Waals surface area contributed by atoms with E-state index in [4.69, 9.17) is 16.3 Å². The fraction of sp³-hybridized carbons (Fsp3) is 0.545. The van der Waals surface area contributed by atoms with Crippen LogP contribution < -0.4 is 10.2 Å². The average molecular weight is 431 g/mol. The van der Waals surface area contributed by atoms with E-state index in [1.165, 1.54) is 0 Å². The number of ether oxygens (including phenoxy) is 1. The molecule has 0 radical (unpaired) electrons. The number of nitrogens with one attached hydrogen (secondary N) is 1. The largest absolute Gasteiger partial charge is 0.389 e. The Morgan fingerprint density at radius 3 is 2.67 bits per heavy atom. The first-order valence-corrected chi connectivity index (χ1v) is 11.0. The highest BCUT2D eigenvalue weighted by Gasteiger charge is 2.44.